The van der Waals surface area contributed by atoms with Crippen molar-refractivity contribution in [3.63, 3.8) is 0 Å². The summed E-state index contributed by atoms with van der Waals surface area (Å²) < 4.78 is 55.6. The maximum absolute atomic E-state index is 7.70. The van der Waals surface area contributed by atoms with Crippen molar-refractivity contribution in [3.8, 4) is 0 Å². The van der Waals surface area contributed by atoms with E-state index in [-0.39, 0.29) is 0 Å². The second-order valence-electron chi connectivity index (χ2n) is 19.7. The van der Waals surface area contributed by atoms with E-state index in [1.807, 2.05) is 0 Å². The topological polar surface area (TPSA) is 83.7 Å². The Balaban J connectivity index is 1.11. The van der Waals surface area contributed by atoms with Crippen LogP contribution in [0.5, 0.6) is 0 Å². The average Bonchev–Trinajstić information content (AvgIpc) is 3.92. The van der Waals surface area contributed by atoms with Gasteiger partial charge in [-0.05, 0) is 183 Å². The summed E-state index contributed by atoms with van der Waals surface area (Å²) in [5.41, 5.74) is 0. The predicted molar refractivity (Wildman–Crippen MR) is 213 cm³/mol. The van der Waals surface area contributed by atoms with Gasteiger partial charge in [0, 0.05) is 0 Å². The van der Waals surface area contributed by atoms with Crippen molar-refractivity contribution in [1.82, 2.24) is 0 Å². The Bertz CT molecular complexity index is 1150. The fourth-order valence-corrected chi connectivity index (χ4v) is 44.4. The molecule has 0 N–H and O–H groups in total. The van der Waals surface area contributed by atoms with Gasteiger partial charge in [-0.25, -0.2) is 0 Å². The van der Waals surface area contributed by atoms with Crippen LogP contribution < -0.4 is 0 Å². The molecule has 0 amide bonds. The Morgan fingerprint density at radius 1 is 0.480 bits per heavy atom. The molecule has 0 aromatic carbocycles. The third kappa shape index (κ3) is 10.4. The van der Waals surface area contributed by atoms with E-state index in [1.165, 1.54) is 77.0 Å². The summed E-state index contributed by atoms with van der Waals surface area (Å²) in [6.45, 7) is 21.5. The molecule has 8 nitrogen and oxygen atoms in total. The smallest absolute Gasteiger partial charge is 0.317 e. The van der Waals surface area contributed by atoms with Crippen molar-refractivity contribution >= 4 is 50.9 Å². The molecule has 0 bridgehead atoms. The Hall–Kier alpha value is 0.981. The standard InChI is InChI=1S/C36H72O8Si6/c1-10-45(2,3)40-46(4,5)23-24-50(9)43-48(7,21-18-29-12-15-32-35(26-29)38-32)41-47(6,20-17-28-11-14-31-34(25-28)37-31)42-49(8,44-50)22-19-30-13-16-33-36(27-30)39-33/h28-36H,10-27H2,1-9H3. The molecule has 4 aliphatic heterocycles. The summed E-state index contributed by atoms with van der Waals surface area (Å²) in [5.74, 6) is 2.14. The number of hydrogen-bond acceptors (Lipinski definition) is 8. The van der Waals surface area contributed by atoms with Crippen molar-refractivity contribution in [2.24, 2.45) is 17.8 Å². The quantitative estimate of drug-likeness (QED) is 0.120. The number of hydrogen-bond donors (Lipinski definition) is 0. The molecule has 7 rings (SSSR count). The Morgan fingerprint density at radius 2 is 0.820 bits per heavy atom. The average molecular weight is 801 g/mol. The molecule has 11 unspecified atom stereocenters. The third-order valence-electron chi connectivity index (χ3n) is 13.7. The van der Waals surface area contributed by atoms with Gasteiger partial charge in [0.2, 0.25) is 0 Å². The molecule has 0 radical (unpaired) electrons. The summed E-state index contributed by atoms with van der Waals surface area (Å²) in [6, 6.07) is 6.31. The van der Waals surface area contributed by atoms with E-state index < -0.39 is 50.9 Å². The lowest BCUT2D eigenvalue weighted by Crippen LogP contribution is -2.67. The van der Waals surface area contributed by atoms with Crippen LogP contribution in [0.15, 0.2) is 0 Å². The molecule has 288 valence electrons. The first kappa shape index (κ1) is 39.2. The molecule has 4 saturated heterocycles. The second-order valence-corrected chi connectivity index (χ2v) is 43.1. The van der Waals surface area contributed by atoms with Crippen LogP contribution in [0.2, 0.25) is 88.6 Å². The van der Waals surface area contributed by atoms with E-state index in [1.54, 1.807) is 0 Å². The first-order chi connectivity index (χ1) is 23.4. The molecule has 7 aliphatic rings. The molecule has 0 aromatic heterocycles. The van der Waals surface area contributed by atoms with E-state index in [9.17, 15) is 0 Å². The zero-order chi connectivity index (χ0) is 35.6. The van der Waals surface area contributed by atoms with Crippen molar-refractivity contribution in [1.29, 1.82) is 0 Å². The third-order valence-corrected chi connectivity index (χ3v) is 40.3. The van der Waals surface area contributed by atoms with E-state index in [0.717, 1.165) is 36.3 Å². The molecular weight excluding hydrogens is 729 g/mol. The predicted octanol–water partition coefficient (Wildman–Crippen LogP) is 9.67. The first-order valence-electron chi connectivity index (χ1n) is 20.9. The van der Waals surface area contributed by atoms with Crippen LogP contribution in [-0.2, 0) is 34.8 Å². The largest absolute Gasteiger partial charge is 0.456 e. The fourth-order valence-electron chi connectivity index (χ4n) is 10.4. The zero-order valence-corrected chi connectivity index (χ0v) is 39.2. The molecule has 0 spiro atoms. The first-order valence-corrected chi connectivity index (χ1v) is 37.2. The van der Waals surface area contributed by atoms with Crippen LogP contribution in [0.1, 0.15) is 84.0 Å². The van der Waals surface area contributed by atoms with Gasteiger partial charge in [-0.3, -0.25) is 0 Å². The van der Waals surface area contributed by atoms with Gasteiger partial charge in [0.25, 0.3) is 0 Å². The van der Waals surface area contributed by atoms with Gasteiger partial charge >= 0.3 is 34.2 Å². The van der Waals surface area contributed by atoms with Gasteiger partial charge in [0.15, 0.2) is 16.6 Å². The number of fused-ring (bicyclic) bond motifs is 3. The van der Waals surface area contributed by atoms with Gasteiger partial charge in [0.1, 0.15) is 0 Å². The lowest BCUT2D eigenvalue weighted by Gasteiger charge is -2.51. The molecule has 14 heteroatoms. The van der Waals surface area contributed by atoms with E-state index in [0.29, 0.717) is 54.4 Å². The molecular formula is C36H72O8Si6. The van der Waals surface area contributed by atoms with E-state index >= 15 is 0 Å². The molecule has 4 heterocycles. The highest BCUT2D eigenvalue weighted by atomic mass is 28.5. The minimum atomic E-state index is -2.69. The lowest BCUT2D eigenvalue weighted by molar-refractivity contribution is 0.214. The summed E-state index contributed by atoms with van der Waals surface area (Å²) in [4.78, 5) is 0. The van der Waals surface area contributed by atoms with Crippen LogP contribution in [0.4, 0.5) is 0 Å². The fraction of sp³-hybridized carbons (Fsp3) is 1.00. The van der Waals surface area contributed by atoms with Crippen LogP contribution in [0, 0.1) is 17.8 Å². The Labute approximate surface area is 311 Å². The molecule has 50 heavy (non-hydrogen) atoms. The highest BCUT2D eigenvalue weighted by Gasteiger charge is 2.58. The number of epoxide rings is 3. The monoisotopic (exact) mass is 800 g/mol. The molecule has 3 aliphatic carbocycles. The summed E-state index contributed by atoms with van der Waals surface area (Å²) in [5, 5.41) is 0. The maximum Gasteiger partial charge on any atom is 0.317 e. The summed E-state index contributed by atoms with van der Waals surface area (Å²) in [6.07, 6.45) is 17.9. The highest BCUT2D eigenvalue weighted by Crippen LogP contribution is 2.47. The normalized spacial score (nSPS) is 47.3. The molecule has 7 fully saturated rings. The van der Waals surface area contributed by atoms with Crippen molar-refractivity contribution < 1.29 is 34.8 Å². The van der Waals surface area contributed by atoms with Crippen molar-refractivity contribution in [2.45, 2.75) is 209 Å². The van der Waals surface area contributed by atoms with Gasteiger partial charge < -0.3 is 34.8 Å². The maximum atomic E-state index is 7.70. The highest BCUT2D eigenvalue weighted by molar-refractivity contribution is 6.94. The van der Waals surface area contributed by atoms with Gasteiger partial charge in [-0.2, -0.15) is 0 Å². The van der Waals surface area contributed by atoms with Crippen LogP contribution in [0.3, 0.4) is 0 Å². The van der Waals surface area contributed by atoms with Crippen LogP contribution in [0.25, 0.3) is 0 Å². The summed E-state index contributed by atoms with van der Waals surface area (Å²) >= 11 is 0. The number of ether oxygens (including phenoxy) is 3. The van der Waals surface area contributed by atoms with Crippen molar-refractivity contribution in [2.75, 3.05) is 0 Å². The minimum Gasteiger partial charge on any atom is -0.456 e. The van der Waals surface area contributed by atoms with Gasteiger partial charge in [-0.1, -0.05) is 6.92 Å². The number of rotatable bonds is 15. The van der Waals surface area contributed by atoms with Gasteiger partial charge in [0.05, 0.1) is 36.6 Å². The van der Waals surface area contributed by atoms with Crippen LogP contribution >= 0.6 is 0 Å². The van der Waals surface area contributed by atoms with E-state index in [2.05, 4.69) is 59.3 Å². The SMILES string of the molecule is CC[Si](C)(C)O[Si](C)(C)CC[Si]1(C)O[Si](C)(CCC2CCC3OC3C2)O[Si](C)(CCC2CCC3OC3C2)O[Si](C)(CCC2CCC3OC3C2)O1. The zero-order valence-electron chi connectivity index (χ0n) is 33.2. The minimum absolute atomic E-state index is 0.509. The molecule has 0 aromatic rings. The van der Waals surface area contributed by atoms with Crippen molar-refractivity contribution in [3.05, 3.63) is 0 Å². The molecule has 3 saturated carbocycles. The van der Waals surface area contributed by atoms with Crippen LogP contribution in [-0.4, -0.2) is 87.5 Å². The van der Waals surface area contributed by atoms with Gasteiger partial charge in [-0.15, -0.1) is 0 Å². The second kappa shape index (κ2) is 14.8. The lowest BCUT2D eigenvalue weighted by atomic mass is 9.88. The molecule has 11 atom stereocenters. The summed E-state index contributed by atoms with van der Waals surface area (Å²) in [7, 11) is -14.2. The Kier molecular flexibility index (Phi) is 11.6. The Morgan fingerprint density at radius 3 is 1.14 bits per heavy atom. The van der Waals surface area contributed by atoms with E-state index in [4.69, 9.17) is 34.8 Å².